The lowest BCUT2D eigenvalue weighted by molar-refractivity contribution is -0.138. The number of amides is 2. The molecule has 0 fully saturated rings. The van der Waals surface area contributed by atoms with Gasteiger partial charge in [-0.1, -0.05) is 72.8 Å². The first-order chi connectivity index (χ1) is 17.3. The van der Waals surface area contributed by atoms with Crippen LogP contribution < -0.4 is 5.32 Å². The Hall–Kier alpha value is -2.57. The molecule has 0 aromatic heterocycles. The lowest BCUT2D eigenvalue weighted by Crippen LogP contribution is -2.30. The van der Waals surface area contributed by atoms with Crippen molar-refractivity contribution in [3.63, 3.8) is 0 Å². The molecule has 3 rings (SSSR count). The van der Waals surface area contributed by atoms with Gasteiger partial charge in [-0.2, -0.15) is 0 Å². The van der Waals surface area contributed by atoms with E-state index in [2.05, 4.69) is 17.4 Å². The van der Waals surface area contributed by atoms with Gasteiger partial charge < -0.3 is 15.3 Å². The number of fused-ring (bicyclic) bond motifs is 1. The number of carbonyl (C=O) groups is 3. The summed E-state index contributed by atoms with van der Waals surface area (Å²) in [5, 5.41) is 12.4. The highest BCUT2D eigenvalue weighted by Gasteiger charge is 2.35. The summed E-state index contributed by atoms with van der Waals surface area (Å²) in [4.78, 5) is 36.9. The number of unbranched alkanes of at least 4 members (excludes halogenated alkanes) is 4. The normalized spacial score (nSPS) is 16.4. The van der Waals surface area contributed by atoms with Crippen LogP contribution in [0.4, 0.5) is 0 Å². The molecule has 194 valence electrons. The molecule has 0 heterocycles. The summed E-state index contributed by atoms with van der Waals surface area (Å²) in [5.41, 5.74) is 3.53. The molecule has 1 aliphatic carbocycles. The van der Waals surface area contributed by atoms with Crippen LogP contribution in [0.25, 0.3) is 0 Å². The van der Waals surface area contributed by atoms with E-state index in [1.54, 1.807) is 0 Å². The van der Waals surface area contributed by atoms with Crippen molar-refractivity contribution in [2.45, 2.75) is 69.7 Å². The first kappa shape index (κ1) is 28.0. The fraction of sp³-hybridized carbons (Fsp3) is 0.464. The van der Waals surface area contributed by atoms with Gasteiger partial charge in [-0.25, -0.2) is 0 Å². The number of hydrogen-bond donors (Lipinski definition) is 2. The molecule has 0 saturated heterocycles. The zero-order valence-corrected chi connectivity index (χ0v) is 22.2. The number of rotatable bonds is 13. The van der Waals surface area contributed by atoms with Gasteiger partial charge in [-0.15, -0.1) is 0 Å². The Bertz CT molecular complexity index is 1080. The van der Waals surface area contributed by atoms with E-state index in [4.69, 9.17) is 28.3 Å². The summed E-state index contributed by atoms with van der Waals surface area (Å²) < 4.78 is 0. The van der Waals surface area contributed by atoms with Gasteiger partial charge in [0.15, 0.2) is 0 Å². The van der Waals surface area contributed by atoms with Crippen LogP contribution >= 0.6 is 23.2 Å². The minimum Gasteiger partial charge on any atom is -0.481 e. The van der Waals surface area contributed by atoms with Crippen molar-refractivity contribution in [2.75, 3.05) is 13.6 Å². The fourth-order valence-corrected chi connectivity index (χ4v) is 5.15. The maximum atomic E-state index is 13.0. The van der Waals surface area contributed by atoms with Gasteiger partial charge in [0.25, 0.3) is 0 Å². The predicted molar refractivity (Wildman–Crippen MR) is 142 cm³/mol. The summed E-state index contributed by atoms with van der Waals surface area (Å²) in [6.45, 7) is 0.557. The Morgan fingerprint density at radius 3 is 2.33 bits per heavy atom. The second-order valence-corrected chi connectivity index (χ2v) is 10.2. The smallest absolute Gasteiger partial charge is 0.303 e. The summed E-state index contributed by atoms with van der Waals surface area (Å²) in [6, 6.07) is 14.1. The molecule has 0 spiro atoms. The van der Waals surface area contributed by atoms with Gasteiger partial charge in [0.05, 0.1) is 22.5 Å². The minimum absolute atomic E-state index is 0.0185. The lowest BCUT2D eigenvalue weighted by Gasteiger charge is -2.26. The standard InChI is InChI=1S/C28H34Cl2N2O4/c1-32(27(34)11-5-3-2-4-8-16-31-26(33)14-15-28(35)36)25-18-22(20-9-6-7-10-21(20)25)19-12-13-23(29)24(30)17-19/h6-7,9-10,12-13,17,22,25H,2-5,8,11,14-16,18H2,1H3,(H,31,33)(H,35,36). The van der Waals surface area contributed by atoms with Gasteiger partial charge >= 0.3 is 5.97 Å². The summed E-state index contributed by atoms with van der Waals surface area (Å²) >= 11 is 12.4. The zero-order chi connectivity index (χ0) is 26.1. The molecule has 2 N–H and O–H groups in total. The predicted octanol–water partition coefficient (Wildman–Crippen LogP) is 6.35. The minimum atomic E-state index is -0.964. The molecule has 6 nitrogen and oxygen atoms in total. The van der Waals surface area contributed by atoms with E-state index in [0.717, 1.165) is 44.1 Å². The third-order valence-electron chi connectivity index (χ3n) is 6.85. The highest BCUT2D eigenvalue weighted by Crippen LogP contribution is 2.47. The molecule has 2 unspecified atom stereocenters. The zero-order valence-electron chi connectivity index (χ0n) is 20.6. The molecular weight excluding hydrogens is 499 g/mol. The maximum Gasteiger partial charge on any atom is 0.303 e. The Morgan fingerprint density at radius 1 is 0.917 bits per heavy atom. The Balaban J connectivity index is 1.42. The van der Waals surface area contributed by atoms with E-state index in [1.807, 2.05) is 42.3 Å². The Labute approximate surface area is 223 Å². The van der Waals surface area contributed by atoms with Gasteiger partial charge in [0.1, 0.15) is 0 Å². The molecule has 0 radical (unpaired) electrons. The third kappa shape index (κ3) is 7.71. The second-order valence-electron chi connectivity index (χ2n) is 9.37. The third-order valence-corrected chi connectivity index (χ3v) is 7.59. The number of benzene rings is 2. The number of nitrogens with zero attached hydrogens (tertiary/aromatic N) is 1. The van der Waals surface area contributed by atoms with Crippen molar-refractivity contribution >= 4 is 41.0 Å². The fourth-order valence-electron chi connectivity index (χ4n) is 4.84. The van der Waals surface area contributed by atoms with Crippen LogP contribution in [-0.4, -0.2) is 41.4 Å². The van der Waals surface area contributed by atoms with Crippen molar-refractivity contribution in [3.05, 3.63) is 69.2 Å². The number of aliphatic carboxylic acids is 1. The average Bonchev–Trinajstić information content (AvgIpc) is 3.25. The average molecular weight is 533 g/mol. The summed E-state index contributed by atoms with van der Waals surface area (Å²) in [5.74, 6) is -0.870. The van der Waals surface area contributed by atoms with Crippen LogP contribution in [0.2, 0.25) is 10.0 Å². The Kier molecular flexibility index (Phi) is 10.6. The molecule has 0 saturated carbocycles. The molecule has 1 aliphatic rings. The molecule has 0 aliphatic heterocycles. The Morgan fingerprint density at radius 2 is 1.61 bits per heavy atom. The van der Waals surface area contributed by atoms with Crippen molar-refractivity contribution < 1.29 is 19.5 Å². The number of halogens is 2. The van der Waals surface area contributed by atoms with Crippen molar-refractivity contribution in [2.24, 2.45) is 0 Å². The molecule has 2 amide bonds. The van der Waals surface area contributed by atoms with Crippen LogP contribution in [0.1, 0.15) is 86.4 Å². The van der Waals surface area contributed by atoms with Gasteiger partial charge in [-0.05, 0) is 48.1 Å². The molecule has 2 aromatic carbocycles. The van der Waals surface area contributed by atoms with Crippen molar-refractivity contribution in [1.29, 1.82) is 0 Å². The molecule has 8 heteroatoms. The largest absolute Gasteiger partial charge is 0.481 e. The second kappa shape index (κ2) is 13.7. The number of carboxylic acid groups (broad SMARTS) is 1. The topological polar surface area (TPSA) is 86.7 Å². The molecule has 0 bridgehead atoms. The highest BCUT2D eigenvalue weighted by atomic mass is 35.5. The van der Waals surface area contributed by atoms with E-state index in [-0.39, 0.29) is 36.6 Å². The molecule has 36 heavy (non-hydrogen) atoms. The van der Waals surface area contributed by atoms with E-state index in [9.17, 15) is 14.4 Å². The van der Waals surface area contributed by atoms with E-state index in [0.29, 0.717) is 23.0 Å². The number of hydrogen-bond acceptors (Lipinski definition) is 3. The highest BCUT2D eigenvalue weighted by molar-refractivity contribution is 6.42. The van der Waals surface area contributed by atoms with Gasteiger partial charge in [0, 0.05) is 32.4 Å². The van der Waals surface area contributed by atoms with Crippen LogP contribution in [0, 0.1) is 0 Å². The van der Waals surface area contributed by atoms with Gasteiger partial charge in [-0.3, -0.25) is 14.4 Å². The maximum absolute atomic E-state index is 13.0. The quantitative estimate of drug-likeness (QED) is 0.294. The first-order valence-electron chi connectivity index (χ1n) is 12.6. The number of nitrogens with one attached hydrogen (secondary N) is 1. The summed E-state index contributed by atoms with van der Waals surface area (Å²) in [6.07, 6.45) is 5.80. The van der Waals surface area contributed by atoms with Crippen molar-refractivity contribution in [3.8, 4) is 0 Å². The van der Waals surface area contributed by atoms with E-state index in [1.165, 1.54) is 11.1 Å². The SMILES string of the molecule is CN(C(=O)CCCCCCCNC(=O)CCC(=O)O)C1CC(c2ccc(Cl)c(Cl)c2)c2ccccc21. The van der Waals surface area contributed by atoms with E-state index < -0.39 is 5.97 Å². The summed E-state index contributed by atoms with van der Waals surface area (Å²) in [7, 11) is 1.90. The van der Waals surface area contributed by atoms with Crippen molar-refractivity contribution in [1.82, 2.24) is 10.2 Å². The monoisotopic (exact) mass is 532 g/mol. The molecule has 2 aromatic rings. The van der Waals surface area contributed by atoms with Crippen LogP contribution in [0.15, 0.2) is 42.5 Å². The lowest BCUT2D eigenvalue weighted by atomic mass is 9.93. The molecular formula is C28H34Cl2N2O4. The van der Waals surface area contributed by atoms with Crippen LogP contribution in [0.3, 0.4) is 0 Å². The van der Waals surface area contributed by atoms with Gasteiger partial charge in [0.2, 0.25) is 11.8 Å². The first-order valence-corrected chi connectivity index (χ1v) is 13.3. The molecule has 2 atom stereocenters. The van der Waals surface area contributed by atoms with Crippen LogP contribution in [-0.2, 0) is 14.4 Å². The number of carbonyl (C=O) groups excluding carboxylic acids is 2. The number of carboxylic acids is 1. The van der Waals surface area contributed by atoms with E-state index >= 15 is 0 Å². The van der Waals surface area contributed by atoms with Crippen LogP contribution in [0.5, 0.6) is 0 Å².